The number of rotatable bonds is 0. The molecule has 0 aliphatic carbocycles. The minimum absolute atomic E-state index is 0.174. The highest BCUT2D eigenvalue weighted by molar-refractivity contribution is 9.10. The van der Waals surface area contributed by atoms with Gasteiger partial charge in [-0.1, -0.05) is 6.07 Å². The van der Waals surface area contributed by atoms with Crippen LogP contribution in [0.4, 0.5) is 0 Å². The lowest BCUT2D eigenvalue weighted by atomic mass is 10.2. The van der Waals surface area contributed by atoms with Gasteiger partial charge in [-0.2, -0.15) is 0 Å². The highest BCUT2D eigenvalue weighted by Gasteiger charge is 2.05. The number of hydrogen-bond donors (Lipinski definition) is 1. The van der Waals surface area contributed by atoms with Crippen molar-refractivity contribution in [1.82, 2.24) is 0 Å². The molecule has 0 saturated heterocycles. The third-order valence-corrected chi connectivity index (χ3v) is 2.19. The lowest BCUT2D eigenvalue weighted by Gasteiger charge is -1.90. The molecule has 56 valence electrons. The lowest BCUT2D eigenvalue weighted by Crippen LogP contribution is -1.66. The SMILES string of the molecule is Oc1coc2cccc(Br)c12. The van der Waals surface area contributed by atoms with Crippen LogP contribution >= 0.6 is 15.9 Å². The fourth-order valence-electron chi connectivity index (χ4n) is 1.03. The number of furan rings is 1. The van der Waals surface area contributed by atoms with E-state index in [1.807, 2.05) is 12.1 Å². The van der Waals surface area contributed by atoms with Gasteiger partial charge in [0, 0.05) is 4.47 Å². The average Bonchev–Trinajstić information content (AvgIpc) is 2.34. The summed E-state index contributed by atoms with van der Waals surface area (Å²) in [5, 5.41) is 10.00. The molecule has 3 heteroatoms. The molecule has 0 atom stereocenters. The molecule has 1 aromatic carbocycles. The Morgan fingerprint density at radius 2 is 2.18 bits per heavy atom. The van der Waals surface area contributed by atoms with Gasteiger partial charge in [-0.15, -0.1) is 0 Å². The largest absolute Gasteiger partial charge is 0.504 e. The van der Waals surface area contributed by atoms with E-state index in [1.165, 1.54) is 6.26 Å². The molecule has 1 heterocycles. The quantitative estimate of drug-likeness (QED) is 0.729. The summed E-state index contributed by atoms with van der Waals surface area (Å²) in [6, 6.07) is 5.52. The molecule has 0 bridgehead atoms. The Hall–Kier alpha value is -0.960. The zero-order valence-corrected chi connectivity index (χ0v) is 7.13. The zero-order valence-electron chi connectivity index (χ0n) is 5.54. The molecule has 0 radical (unpaired) electrons. The third kappa shape index (κ3) is 0.922. The highest BCUT2D eigenvalue weighted by atomic mass is 79.9. The van der Waals surface area contributed by atoms with Gasteiger partial charge >= 0.3 is 0 Å². The first kappa shape index (κ1) is 6.73. The molecule has 2 nitrogen and oxygen atoms in total. The molecular weight excluding hydrogens is 208 g/mol. The molecular formula is C8H5BrO2. The van der Waals surface area contributed by atoms with Crippen molar-refractivity contribution in [1.29, 1.82) is 0 Å². The minimum atomic E-state index is 0.174. The Kier molecular flexibility index (Phi) is 1.39. The van der Waals surface area contributed by atoms with Crippen molar-refractivity contribution in [3.05, 3.63) is 28.9 Å². The molecule has 0 fully saturated rings. The molecule has 0 amide bonds. The highest BCUT2D eigenvalue weighted by Crippen LogP contribution is 2.32. The van der Waals surface area contributed by atoms with Crippen LogP contribution in [-0.4, -0.2) is 5.11 Å². The fourth-order valence-corrected chi connectivity index (χ4v) is 1.58. The van der Waals surface area contributed by atoms with E-state index >= 15 is 0 Å². The van der Waals surface area contributed by atoms with Crippen LogP contribution in [0.2, 0.25) is 0 Å². The molecule has 1 N–H and O–H groups in total. The van der Waals surface area contributed by atoms with Crippen LogP contribution in [-0.2, 0) is 0 Å². The van der Waals surface area contributed by atoms with E-state index in [1.54, 1.807) is 6.07 Å². The van der Waals surface area contributed by atoms with E-state index < -0.39 is 0 Å². The maximum atomic E-state index is 9.27. The third-order valence-electron chi connectivity index (χ3n) is 1.53. The van der Waals surface area contributed by atoms with Crippen molar-refractivity contribution < 1.29 is 9.52 Å². The molecule has 2 rings (SSSR count). The zero-order chi connectivity index (χ0) is 7.84. The van der Waals surface area contributed by atoms with Crippen molar-refractivity contribution in [3.63, 3.8) is 0 Å². The smallest absolute Gasteiger partial charge is 0.162 e. The van der Waals surface area contributed by atoms with Gasteiger partial charge in [0.15, 0.2) is 5.75 Å². The Morgan fingerprint density at radius 3 is 2.91 bits per heavy atom. The molecule has 0 spiro atoms. The summed E-state index contributed by atoms with van der Waals surface area (Å²) in [6.45, 7) is 0. The number of hydrogen-bond acceptors (Lipinski definition) is 2. The maximum absolute atomic E-state index is 9.27. The number of halogens is 1. The van der Waals surface area contributed by atoms with Gasteiger partial charge in [-0.05, 0) is 28.1 Å². The van der Waals surface area contributed by atoms with E-state index in [0.717, 1.165) is 9.86 Å². The summed E-state index contributed by atoms with van der Waals surface area (Å²) in [6.07, 6.45) is 1.33. The van der Waals surface area contributed by atoms with Crippen LogP contribution in [0.25, 0.3) is 11.0 Å². The second kappa shape index (κ2) is 2.27. The lowest BCUT2D eigenvalue weighted by molar-refractivity contribution is 0.464. The summed E-state index contributed by atoms with van der Waals surface area (Å²) in [5.41, 5.74) is 0.692. The van der Waals surface area contributed by atoms with Gasteiger partial charge in [-0.25, -0.2) is 0 Å². The normalized spacial score (nSPS) is 10.6. The second-order valence-corrected chi connectivity index (χ2v) is 3.09. The van der Waals surface area contributed by atoms with E-state index in [0.29, 0.717) is 5.58 Å². The topological polar surface area (TPSA) is 33.4 Å². The molecule has 0 saturated carbocycles. The second-order valence-electron chi connectivity index (χ2n) is 2.23. The summed E-state index contributed by atoms with van der Waals surface area (Å²) in [5.74, 6) is 0.174. The number of fused-ring (bicyclic) bond motifs is 1. The van der Waals surface area contributed by atoms with Gasteiger partial charge in [-0.3, -0.25) is 0 Å². The van der Waals surface area contributed by atoms with Gasteiger partial charge in [0.25, 0.3) is 0 Å². The first-order valence-electron chi connectivity index (χ1n) is 3.14. The standard InChI is InChI=1S/C8H5BrO2/c9-5-2-1-3-7-8(5)6(10)4-11-7/h1-4,10H. The van der Waals surface area contributed by atoms with Gasteiger partial charge in [0.2, 0.25) is 0 Å². The van der Waals surface area contributed by atoms with E-state index in [9.17, 15) is 5.11 Å². The fraction of sp³-hybridized carbons (Fsp3) is 0. The van der Waals surface area contributed by atoms with Crippen LogP contribution < -0.4 is 0 Å². The number of benzene rings is 1. The average molecular weight is 213 g/mol. The van der Waals surface area contributed by atoms with Gasteiger partial charge < -0.3 is 9.52 Å². The molecule has 0 aliphatic rings. The summed E-state index contributed by atoms with van der Waals surface area (Å²) in [7, 11) is 0. The minimum Gasteiger partial charge on any atom is -0.504 e. The summed E-state index contributed by atoms with van der Waals surface area (Å²) < 4.78 is 5.90. The van der Waals surface area contributed by atoms with E-state index in [-0.39, 0.29) is 5.75 Å². The first-order valence-corrected chi connectivity index (χ1v) is 3.93. The molecule has 0 unspecified atom stereocenters. The van der Waals surface area contributed by atoms with Crippen molar-refractivity contribution in [2.75, 3.05) is 0 Å². The van der Waals surface area contributed by atoms with Crippen LogP contribution in [0.15, 0.2) is 33.4 Å². The van der Waals surface area contributed by atoms with Gasteiger partial charge in [0.1, 0.15) is 11.8 Å². The monoisotopic (exact) mass is 212 g/mol. The summed E-state index contributed by atoms with van der Waals surface area (Å²) in [4.78, 5) is 0. The van der Waals surface area contributed by atoms with Crippen LogP contribution in [0.1, 0.15) is 0 Å². The molecule has 2 aromatic rings. The van der Waals surface area contributed by atoms with Crippen molar-refractivity contribution >= 4 is 26.9 Å². The predicted octanol–water partition coefficient (Wildman–Crippen LogP) is 2.90. The Morgan fingerprint density at radius 1 is 1.36 bits per heavy atom. The predicted molar refractivity (Wildman–Crippen MR) is 45.6 cm³/mol. The van der Waals surface area contributed by atoms with Crippen LogP contribution in [0, 0.1) is 0 Å². The number of aromatic hydroxyl groups is 1. The molecule has 0 aliphatic heterocycles. The van der Waals surface area contributed by atoms with Crippen LogP contribution in [0.3, 0.4) is 0 Å². The van der Waals surface area contributed by atoms with Crippen molar-refractivity contribution in [2.45, 2.75) is 0 Å². The molecule has 11 heavy (non-hydrogen) atoms. The Balaban J connectivity index is 2.96. The van der Waals surface area contributed by atoms with E-state index in [4.69, 9.17) is 4.42 Å². The maximum Gasteiger partial charge on any atom is 0.162 e. The van der Waals surface area contributed by atoms with Gasteiger partial charge in [0.05, 0.1) is 5.39 Å². The van der Waals surface area contributed by atoms with Crippen molar-refractivity contribution in [3.8, 4) is 5.75 Å². The summed E-state index contributed by atoms with van der Waals surface area (Å²) >= 11 is 3.31. The first-order chi connectivity index (χ1) is 5.29. The Labute approximate surface area is 71.6 Å². The molecule has 1 aromatic heterocycles. The van der Waals surface area contributed by atoms with Crippen LogP contribution in [0.5, 0.6) is 5.75 Å². The van der Waals surface area contributed by atoms with Crippen molar-refractivity contribution in [2.24, 2.45) is 0 Å². The Bertz CT molecular complexity index is 392. The van der Waals surface area contributed by atoms with E-state index in [2.05, 4.69) is 15.9 Å².